The van der Waals surface area contributed by atoms with Crippen LogP contribution in [0, 0.1) is 27.3 Å². The molecule has 0 bridgehead atoms. The van der Waals surface area contributed by atoms with Gasteiger partial charge in [-0.3, -0.25) is 19.8 Å². The molecule has 15 nitrogen and oxygen atoms in total. The maximum absolute atomic E-state index is 14.9. The molecule has 2 saturated carbocycles. The van der Waals surface area contributed by atoms with E-state index in [9.17, 15) is 32.8 Å². The number of carbonyl (C=O) groups is 1. The topological polar surface area (TPSA) is 192 Å². The van der Waals surface area contributed by atoms with Crippen LogP contribution >= 0.6 is 0 Å². The van der Waals surface area contributed by atoms with Gasteiger partial charge in [0.25, 0.3) is 21.6 Å². The lowest BCUT2D eigenvalue weighted by atomic mass is 9.70. The van der Waals surface area contributed by atoms with E-state index < -0.39 is 42.9 Å². The largest absolute Gasteiger partial charge is 0.489 e. The van der Waals surface area contributed by atoms with Crippen molar-refractivity contribution in [1.82, 2.24) is 19.6 Å². The van der Waals surface area contributed by atoms with Crippen LogP contribution in [0.25, 0.3) is 17.1 Å². The van der Waals surface area contributed by atoms with Gasteiger partial charge in [0.15, 0.2) is 17.2 Å². The van der Waals surface area contributed by atoms with Gasteiger partial charge in [-0.15, -0.1) is 0 Å². The second kappa shape index (κ2) is 18.0. The highest BCUT2D eigenvalue weighted by Crippen LogP contribution is 2.49. The normalized spacial score (nSPS) is 24.6. The van der Waals surface area contributed by atoms with Crippen molar-refractivity contribution in [3.8, 4) is 17.2 Å². The highest BCUT2D eigenvalue weighted by atomic mass is 32.2. The number of halogens is 1. The molecule has 17 heteroatoms. The molecule has 1 spiro atoms. The molecule has 3 aromatic carbocycles. The summed E-state index contributed by atoms with van der Waals surface area (Å²) in [4.78, 5) is 37.6. The number of piperidine rings is 1. The van der Waals surface area contributed by atoms with Gasteiger partial charge in [0.1, 0.15) is 29.5 Å². The summed E-state index contributed by atoms with van der Waals surface area (Å²) in [7, 11) is -4.74. The van der Waals surface area contributed by atoms with Crippen molar-refractivity contribution in [3.63, 3.8) is 0 Å². The van der Waals surface area contributed by atoms with Gasteiger partial charge in [-0.2, -0.15) is 0 Å². The van der Waals surface area contributed by atoms with Crippen LogP contribution < -0.4 is 24.4 Å². The van der Waals surface area contributed by atoms with Gasteiger partial charge in [0.05, 0.1) is 32.4 Å². The maximum atomic E-state index is 14.9. The predicted molar refractivity (Wildman–Crippen MR) is 262 cm³/mol. The van der Waals surface area contributed by atoms with Crippen molar-refractivity contribution in [2.24, 2.45) is 11.3 Å². The minimum absolute atomic E-state index is 0.0105. The zero-order valence-corrected chi connectivity index (χ0v) is 40.1. The Hall–Kier alpha value is -6.04. The van der Waals surface area contributed by atoms with Crippen LogP contribution in [0.5, 0.6) is 17.2 Å². The standard InChI is InChI=1S/C52H60FN7O8S/c1-5-41-46(26-39-40(53)27-54-49(39)56-41)68-45-23-33(58-21-19-52(20-22-58)29-59(30-52)43-12-8-11-37(43)36-10-7-6-9-35(36)31(2)3)13-14-38(45)50(61)57-69(65,66)34-24-44(60(63)64)48-47(25-34)67-28-42(55-48)32-15-17-51(4,62)18-16-32/h5-7,9-10,13-14,23-27,31-32,37,42-43,55,62H,1,8,11-12,15-22,28-30H2,2-4H3,(H,54,56)(H,57,61)/t32-,37-,42-,43?,51-/m1/s1. The number of aliphatic hydroxyl groups is 1. The molecular formula is C52H60FN7O8S. The number of rotatable bonds is 12. The monoisotopic (exact) mass is 961 g/mol. The lowest BCUT2D eigenvalue weighted by Crippen LogP contribution is -2.63. The SMILES string of the molecule is C=Cc1nc2[nH]cc(F)c2cc1Oc1cc(N2CCC3(CC2)CN(C2CCC[C@@H]2c2ccccc2C(C)C)C3)ccc1C(=O)NS(=O)(=O)c1cc2c(c([N+](=O)[O-])c1)N[C@@H]([C@H]1CC[C@](C)(O)CC1)CO2. The lowest BCUT2D eigenvalue weighted by Gasteiger charge is -2.57. The number of nitrogens with one attached hydrogen (secondary N) is 3. The zero-order chi connectivity index (χ0) is 48.4. The fourth-order valence-electron chi connectivity index (χ4n) is 11.8. The first-order chi connectivity index (χ1) is 33.0. The van der Waals surface area contributed by atoms with Crippen LogP contribution in [0.4, 0.5) is 21.5 Å². The van der Waals surface area contributed by atoms with Gasteiger partial charge in [-0.05, 0) is 117 Å². The molecule has 4 fully saturated rings. The number of pyridine rings is 1. The summed E-state index contributed by atoms with van der Waals surface area (Å²) in [6.45, 7) is 14.0. The van der Waals surface area contributed by atoms with E-state index in [1.54, 1.807) is 19.1 Å². The molecule has 5 aromatic rings. The van der Waals surface area contributed by atoms with Crippen LogP contribution in [-0.2, 0) is 10.0 Å². The van der Waals surface area contributed by atoms with Crippen LogP contribution in [0.15, 0.2) is 78.3 Å². The van der Waals surface area contributed by atoms with E-state index in [1.165, 1.54) is 60.9 Å². The number of fused-ring (bicyclic) bond motifs is 2. The predicted octanol–water partition coefficient (Wildman–Crippen LogP) is 9.64. The van der Waals surface area contributed by atoms with Crippen molar-refractivity contribution >= 4 is 50.1 Å². The van der Waals surface area contributed by atoms with Gasteiger partial charge in [0.2, 0.25) is 0 Å². The number of amides is 1. The first-order valence-corrected chi connectivity index (χ1v) is 25.7. The summed E-state index contributed by atoms with van der Waals surface area (Å²) in [6.07, 6.45) is 10.8. The zero-order valence-electron chi connectivity index (χ0n) is 39.3. The Bertz CT molecular complexity index is 2930. The Labute approximate surface area is 401 Å². The Morgan fingerprint density at radius 3 is 2.54 bits per heavy atom. The molecular weight excluding hydrogens is 902 g/mol. The van der Waals surface area contributed by atoms with E-state index in [0.29, 0.717) is 43.6 Å². The summed E-state index contributed by atoms with van der Waals surface area (Å²) in [5, 5.41) is 26.3. The Morgan fingerprint density at radius 1 is 1.06 bits per heavy atom. The van der Waals surface area contributed by atoms with Gasteiger partial charge < -0.3 is 29.8 Å². The number of benzene rings is 3. The third-order valence-corrected chi connectivity index (χ3v) is 17.0. The van der Waals surface area contributed by atoms with Crippen LogP contribution in [-0.4, -0.2) is 89.7 Å². The molecule has 2 aliphatic carbocycles. The molecule has 10 rings (SSSR count). The van der Waals surface area contributed by atoms with Gasteiger partial charge in [-0.25, -0.2) is 22.5 Å². The molecule has 364 valence electrons. The van der Waals surface area contributed by atoms with Crippen LogP contribution in [0.2, 0.25) is 0 Å². The number of aromatic nitrogens is 2. The summed E-state index contributed by atoms with van der Waals surface area (Å²) >= 11 is 0. The third-order valence-electron chi connectivity index (χ3n) is 15.7. The fourth-order valence-corrected chi connectivity index (χ4v) is 12.8. The number of H-pyrrole nitrogens is 1. The number of carbonyl (C=O) groups excluding carboxylic acids is 1. The minimum atomic E-state index is -4.74. The number of nitro benzene ring substituents is 1. The van der Waals surface area contributed by atoms with Crippen molar-refractivity contribution in [2.45, 2.75) is 113 Å². The van der Waals surface area contributed by atoms with E-state index in [0.717, 1.165) is 50.8 Å². The molecule has 3 aliphatic heterocycles. The van der Waals surface area contributed by atoms with Crippen LogP contribution in [0.3, 0.4) is 0 Å². The fraction of sp³-hybridized carbons (Fsp3) is 0.462. The first-order valence-electron chi connectivity index (χ1n) is 24.2. The van der Waals surface area contributed by atoms with Crippen molar-refractivity contribution < 1.29 is 37.1 Å². The second-order valence-electron chi connectivity index (χ2n) is 20.6. The van der Waals surface area contributed by atoms with Crippen molar-refractivity contribution in [2.75, 3.05) is 43.0 Å². The number of sulfonamides is 1. The summed E-state index contributed by atoms with van der Waals surface area (Å²) < 4.78 is 57.5. The summed E-state index contributed by atoms with van der Waals surface area (Å²) in [5.41, 5.74) is 3.06. The minimum Gasteiger partial charge on any atom is -0.489 e. The smallest absolute Gasteiger partial charge is 0.297 e. The molecule has 69 heavy (non-hydrogen) atoms. The van der Waals surface area contributed by atoms with E-state index >= 15 is 0 Å². The summed E-state index contributed by atoms with van der Waals surface area (Å²) in [6, 6.07) is 17.6. The van der Waals surface area contributed by atoms with Gasteiger partial charge in [-0.1, -0.05) is 51.1 Å². The number of hydrogen-bond acceptors (Lipinski definition) is 12. The molecule has 1 amide bonds. The number of nitro groups is 1. The molecule has 1 unspecified atom stereocenters. The van der Waals surface area contributed by atoms with Crippen LogP contribution in [0.1, 0.15) is 118 Å². The van der Waals surface area contributed by atoms with Gasteiger partial charge >= 0.3 is 0 Å². The van der Waals surface area contributed by atoms with E-state index in [-0.39, 0.29) is 69.2 Å². The molecule has 2 aromatic heterocycles. The van der Waals surface area contributed by atoms with E-state index in [2.05, 4.69) is 74.5 Å². The average Bonchev–Trinajstić information content (AvgIpc) is 3.96. The first kappa shape index (κ1) is 46.7. The highest BCUT2D eigenvalue weighted by molar-refractivity contribution is 7.90. The van der Waals surface area contributed by atoms with E-state index in [1.807, 2.05) is 0 Å². The number of anilines is 2. The van der Waals surface area contributed by atoms with Gasteiger partial charge in [0, 0.05) is 62.3 Å². The van der Waals surface area contributed by atoms with Crippen molar-refractivity contribution in [3.05, 3.63) is 112 Å². The Morgan fingerprint density at radius 2 is 1.81 bits per heavy atom. The molecule has 2 saturated heterocycles. The number of hydrogen-bond donors (Lipinski definition) is 4. The maximum Gasteiger partial charge on any atom is 0.297 e. The third kappa shape index (κ3) is 9.04. The lowest BCUT2D eigenvalue weighted by molar-refractivity contribution is -0.384. The molecule has 0 radical (unpaired) electrons. The number of ether oxygens (including phenoxy) is 2. The Kier molecular flexibility index (Phi) is 12.2. The molecule has 5 heterocycles. The van der Waals surface area contributed by atoms with Crippen molar-refractivity contribution in [1.29, 1.82) is 0 Å². The summed E-state index contributed by atoms with van der Waals surface area (Å²) in [5.74, 6) is -0.471. The number of aromatic amines is 1. The Balaban J connectivity index is 0.884. The number of likely N-dealkylation sites (tertiary alicyclic amines) is 1. The number of nitrogens with zero attached hydrogens (tertiary/aromatic N) is 4. The highest BCUT2D eigenvalue weighted by Gasteiger charge is 2.49. The average molecular weight is 962 g/mol. The van der Waals surface area contributed by atoms with E-state index in [4.69, 9.17) is 9.47 Å². The molecule has 4 N–H and O–H groups in total. The molecule has 3 atom stereocenters. The quantitative estimate of drug-likeness (QED) is 0.0685. The second-order valence-corrected chi connectivity index (χ2v) is 22.3. The molecule has 5 aliphatic rings.